The van der Waals surface area contributed by atoms with Gasteiger partial charge in [0, 0.05) is 13.1 Å². The zero-order valence-corrected chi connectivity index (χ0v) is 10.4. The van der Waals surface area contributed by atoms with E-state index in [1.165, 1.54) is 12.1 Å². The maximum atomic E-state index is 11.7. The van der Waals surface area contributed by atoms with Gasteiger partial charge in [-0.25, -0.2) is 0 Å². The Morgan fingerprint density at radius 2 is 1.88 bits per heavy atom. The highest BCUT2D eigenvalue weighted by molar-refractivity contribution is 7.86. The van der Waals surface area contributed by atoms with Crippen molar-refractivity contribution in [1.82, 2.24) is 5.32 Å². The highest BCUT2D eigenvalue weighted by Crippen LogP contribution is 2.11. The van der Waals surface area contributed by atoms with E-state index in [9.17, 15) is 8.42 Å². The minimum atomic E-state index is -3.61. The molecule has 0 unspecified atom stereocenters. The third-order valence-corrected chi connectivity index (χ3v) is 3.42. The van der Waals surface area contributed by atoms with Crippen molar-refractivity contribution >= 4 is 10.1 Å². The molecule has 17 heavy (non-hydrogen) atoms. The first-order valence-electron chi connectivity index (χ1n) is 5.52. The molecule has 0 aliphatic rings. The maximum Gasteiger partial charge on any atom is 0.296 e. The van der Waals surface area contributed by atoms with E-state index >= 15 is 0 Å². The lowest BCUT2D eigenvalue weighted by Crippen LogP contribution is -2.24. The second kappa shape index (κ2) is 7.39. The van der Waals surface area contributed by atoms with Gasteiger partial charge in [0.05, 0.1) is 11.5 Å². The molecule has 0 saturated carbocycles. The van der Waals surface area contributed by atoms with E-state index in [0.717, 1.165) is 6.54 Å². The quantitative estimate of drug-likeness (QED) is 0.519. The lowest BCUT2D eigenvalue weighted by molar-refractivity contribution is 0.310. The fraction of sp³-hybridized carbons (Fsp3) is 0.455. The van der Waals surface area contributed by atoms with Crippen molar-refractivity contribution in [3.8, 4) is 0 Å². The molecule has 5 nitrogen and oxygen atoms in total. The summed E-state index contributed by atoms with van der Waals surface area (Å²) in [5.41, 5.74) is 5.30. The Bertz CT molecular complexity index is 406. The first kappa shape index (κ1) is 14.1. The van der Waals surface area contributed by atoms with Gasteiger partial charge < -0.3 is 11.1 Å². The van der Waals surface area contributed by atoms with Crippen molar-refractivity contribution in [1.29, 1.82) is 0 Å². The molecule has 0 aromatic heterocycles. The molecular weight excluding hydrogens is 240 g/mol. The Morgan fingerprint density at radius 1 is 1.18 bits per heavy atom. The van der Waals surface area contributed by atoms with Gasteiger partial charge in [0.2, 0.25) is 0 Å². The normalized spacial score (nSPS) is 11.6. The van der Waals surface area contributed by atoms with Gasteiger partial charge in [0.1, 0.15) is 0 Å². The average Bonchev–Trinajstić information content (AvgIpc) is 2.35. The highest BCUT2D eigenvalue weighted by Gasteiger charge is 2.13. The number of rotatable bonds is 8. The molecule has 0 aliphatic carbocycles. The third-order valence-electron chi connectivity index (χ3n) is 2.09. The van der Waals surface area contributed by atoms with Crippen molar-refractivity contribution in [3.05, 3.63) is 30.3 Å². The van der Waals surface area contributed by atoms with Gasteiger partial charge in [-0.3, -0.25) is 4.18 Å². The van der Waals surface area contributed by atoms with Crippen LogP contribution in [0.3, 0.4) is 0 Å². The fourth-order valence-electron chi connectivity index (χ4n) is 1.25. The third kappa shape index (κ3) is 5.27. The SMILES string of the molecule is NCCNCCCOS(=O)(=O)c1ccccc1. The maximum absolute atomic E-state index is 11.7. The summed E-state index contributed by atoms with van der Waals surface area (Å²) >= 11 is 0. The largest absolute Gasteiger partial charge is 0.329 e. The van der Waals surface area contributed by atoms with Crippen LogP contribution >= 0.6 is 0 Å². The summed E-state index contributed by atoms with van der Waals surface area (Å²) in [5.74, 6) is 0. The molecule has 1 rings (SSSR count). The standard InChI is InChI=1S/C11H18N2O3S/c12-7-9-13-8-4-10-16-17(14,15)11-5-2-1-3-6-11/h1-3,5-6,13H,4,7-10,12H2. The van der Waals surface area contributed by atoms with Gasteiger partial charge >= 0.3 is 0 Å². The minimum absolute atomic E-state index is 0.175. The van der Waals surface area contributed by atoms with E-state index in [-0.39, 0.29) is 11.5 Å². The van der Waals surface area contributed by atoms with Crippen LogP contribution in [0.15, 0.2) is 35.2 Å². The molecule has 0 radical (unpaired) electrons. The Balaban J connectivity index is 2.31. The lowest BCUT2D eigenvalue weighted by Gasteiger charge is -2.06. The monoisotopic (exact) mass is 258 g/mol. The molecule has 3 N–H and O–H groups in total. The van der Waals surface area contributed by atoms with Crippen molar-refractivity contribution in [2.45, 2.75) is 11.3 Å². The molecule has 0 bridgehead atoms. The molecule has 6 heteroatoms. The van der Waals surface area contributed by atoms with Crippen LogP contribution in [0, 0.1) is 0 Å². The summed E-state index contributed by atoms with van der Waals surface area (Å²) in [6.07, 6.45) is 0.631. The van der Waals surface area contributed by atoms with Crippen molar-refractivity contribution < 1.29 is 12.6 Å². The molecule has 0 amide bonds. The lowest BCUT2D eigenvalue weighted by atomic mass is 10.4. The van der Waals surface area contributed by atoms with Gasteiger partial charge in [-0.1, -0.05) is 18.2 Å². The van der Waals surface area contributed by atoms with Crippen LogP contribution in [-0.2, 0) is 14.3 Å². The van der Waals surface area contributed by atoms with Crippen molar-refractivity contribution in [3.63, 3.8) is 0 Å². The van der Waals surface area contributed by atoms with Crippen LogP contribution in [0.1, 0.15) is 6.42 Å². The summed E-state index contributed by atoms with van der Waals surface area (Å²) in [6, 6.07) is 8.12. The van der Waals surface area contributed by atoms with Crippen LogP contribution in [0.2, 0.25) is 0 Å². The van der Waals surface area contributed by atoms with Gasteiger partial charge in [-0.05, 0) is 25.1 Å². The summed E-state index contributed by atoms with van der Waals surface area (Å²) < 4.78 is 28.2. The Labute approximate surface area is 102 Å². The van der Waals surface area contributed by atoms with Crippen LogP contribution in [0.25, 0.3) is 0 Å². The first-order valence-corrected chi connectivity index (χ1v) is 6.93. The smallest absolute Gasteiger partial charge is 0.296 e. The first-order chi connectivity index (χ1) is 8.17. The zero-order valence-electron chi connectivity index (χ0n) is 9.63. The van der Waals surface area contributed by atoms with Gasteiger partial charge in [-0.2, -0.15) is 8.42 Å². The van der Waals surface area contributed by atoms with Crippen LogP contribution in [0.4, 0.5) is 0 Å². The molecule has 0 spiro atoms. The number of nitrogens with two attached hydrogens (primary N) is 1. The average molecular weight is 258 g/mol. The second-order valence-electron chi connectivity index (χ2n) is 3.48. The van der Waals surface area contributed by atoms with E-state index < -0.39 is 10.1 Å². The Morgan fingerprint density at radius 3 is 2.53 bits per heavy atom. The van der Waals surface area contributed by atoms with Crippen LogP contribution in [0.5, 0.6) is 0 Å². The second-order valence-corrected chi connectivity index (χ2v) is 5.10. The van der Waals surface area contributed by atoms with E-state index in [4.69, 9.17) is 9.92 Å². The number of hydrogen-bond donors (Lipinski definition) is 2. The molecular formula is C11H18N2O3S. The fourth-order valence-corrected chi connectivity index (χ4v) is 2.21. The molecule has 0 saturated heterocycles. The van der Waals surface area contributed by atoms with Crippen LogP contribution in [-0.4, -0.2) is 34.7 Å². The Kier molecular flexibility index (Phi) is 6.13. The van der Waals surface area contributed by atoms with E-state index in [1.807, 2.05) is 0 Å². The molecule has 0 aliphatic heterocycles. The molecule has 1 aromatic carbocycles. The van der Waals surface area contributed by atoms with Crippen molar-refractivity contribution in [2.75, 3.05) is 26.2 Å². The molecule has 0 fully saturated rings. The van der Waals surface area contributed by atoms with Crippen molar-refractivity contribution in [2.24, 2.45) is 5.73 Å². The minimum Gasteiger partial charge on any atom is -0.329 e. The number of nitrogens with one attached hydrogen (secondary N) is 1. The predicted octanol–water partition coefficient (Wildman–Crippen LogP) is 0.330. The van der Waals surface area contributed by atoms with Crippen LogP contribution < -0.4 is 11.1 Å². The van der Waals surface area contributed by atoms with E-state index in [0.29, 0.717) is 19.5 Å². The molecule has 0 atom stereocenters. The van der Waals surface area contributed by atoms with Gasteiger partial charge in [0.15, 0.2) is 0 Å². The molecule has 0 heterocycles. The Hall–Kier alpha value is -0.950. The van der Waals surface area contributed by atoms with E-state index in [2.05, 4.69) is 5.32 Å². The topological polar surface area (TPSA) is 81.4 Å². The highest BCUT2D eigenvalue weighted by atomic mass is 32.2. The number of hydrogen-bond acceptors (Lipinski definition) is 5. The van der Waals surface area contributed by atoms with Gasteiger partial charge in [-0.15, -0.1) is 0 Å². The van der Waals surface area contributed by atoms with Gasteiger partial charge in [0.25, 0.3) is 10.1 Å². The summed E-state index contributed by atoms with van der Waals surface area (Å²) in [5, 5.41) is 3.06. The molecule has 96 valence electrons. The number of benzene rings is 1. The summed E-state index contributed by atoms with van der Waals surface area (Å²) in [7, 11) is -3.61. The summed E-state index contributed by atoms with van der Waals surface area (Å²) in [6.45, 7) is 2.17. The molecule has 1 aromatic rings. The van der Waals surface area contributed by atoms with E-state index in [1.54, 1.807) is 18.2 Å². The predicted molar refractivity (Wildman–Crippen MR) is 66.1 cm³/mol. The zero-order chi connectivity index (χ0) is 12.6. The summed E-state index contributed by atoms with van der Waals surface area (Å²) in [4.78, 5) is 0.190.